The van der Waals surface area contributed by atoms with E-state index in [9.17, 15) is 9.59 Å². The molecule has 118 valence electrons. The van der Waals surface area contributed by atoms with Gasteiger partial charge in [-0.1, -0.05) is 40.0 Å². The van der Waals surface area contributed by atoms with Crippen molar-refractivity contribution in [2.24, 2.45) is 5.92 Å². The summed E-state index contributed by atoms with van der Waals surface area (Å²) in [5.74, 6) is -0.158. The minimum Gasteiger partial charge on any atom is -0.466 e. The molecule has 0 heterocycles. The first-order valence-electron chi connectivity index (χ1n) is 7.95. The third-order valence-corrected chi connectivity index (χ3v) is 3.17. The molecule has 0 aliphatic heterocycles. The van der Waals surface area contributed by atoms with Gasteiger partial charge in [-0.2, -0.15) is 0 Å². The van der Waals surface area contributed by atoms with Gasteiger partial charge < -0.3 is 9.47 Å². The molecule has 4 nitrogen and oxygen atoms in total. The molecule has 0 atom stereocenters. The highest BCUT2D eigenvalue weighted by Gasteiger charge is 2.12. The Kier molecular flexibility index (Phi) is 12.3. The van der Waals surface area contributed by atoms with Crippen LogP contribution in [0.15, 0.2) is 0 Å². The topological polar surface area (TPSA) is 52.6 Å². The van der Waals surface area contributed by atoms with Crippen LogP contribution in [0, 0.1) is 5.92 Å². The average Bonchev–Trinajstić information content (AvgIpc) is 2.43. The molecule has 0 aliphatic carbocycles. The van der Waals surface area contributed by atoms with Gasteiger partial charge in [0.05, 0.1) is 26.1 Å². The summed E-state index contributed by atoms with van der Waals surface area (Å²) in [4.78, 5) is 22.9. The monoisotopic (exact) mass is 286 g/mol. The van der Waals surface area contributed by atoms with Gasteiger partial charge in [0.1, 0.15) is 0 Å². The van der Waals surface area contributed by atoms with E-state index in [1.807, 2.05) is 6.92 Å². The van der Waals surface area contributed by atoms with Crippen LogP contribution in [-0.2, 0) is 19.1 Å². The van der Waals surface area contributed by atoms with Crippen molar-refractivity contribution in [2.45, 2.75) is 72.1 Å². The lowest BCUT2D eigenvalue weighted by Gasteiger charge is -2.15. The molecule has 0 aliphatic rings. The largest absolute Gasteiger partial charge is 0.466 e. The lowest BCUT2D eigenvalue weighted by molar-refractivity contribution is -0.151. The SMILES string of the molecule is CCCCOC(=O)CCC(=O)OCC(CCC)CCC. The number of ether oxygens (including phenoxy) is 2. The fourth-order valence-electron chi connectivity index (χ4n) is 2.02. The van der Waals surface area contributed by atoms with Gasteiger partial charge in [-0.05, 0) is 25.2 Å². The van der Waals surface area contributed by atoms with Gasteiger partial charge in [-0.25, -0.2) is 0 Å². The number of rotatable bonds is 12. The summed E-state index contributed by atoms with van der Waals surface area (Å²) in [7, 11) is 0. The van der Waals surface area contributed by atoms with Crippen LogP contribution in [0.3, 0.4) is 0 Å². The fraction of sp³-hybridized carbons (Fsp3) is 0.875. The summed E-state index contributed by atoms with van der Waals surface area (Å²) in [6.07, 6.45) is 6.47. The van der Waals surface area contributed by atoms with Crippen molar-refractivity contribution in [1.29, 1.82) is 0 Å². The van der Waals surface area contributed by atoms with E-state index in [0.717, 1.165) is 38.5 Å². The highest BCUT2D eigenvalue weighted by Crippen LogP contribution is 2.14. The zero-order valence-corrected chi connectivity index (χ0v) is 13.3. The predicted molar refractivity (Wildman–Crippen MR) is 79.4 cm³/mol. The maximum Gasteiger partial charge on any atom is 0.306 e. The molecule has 0 saturated heterocycles. The Morgan fingerprint density at radius 2 is 1.40 bits per heavy atom. The molecule has 0 aromatic rings. The highest BCUT2D eigenvalue weighted by molar-refractivity contribution is 5.77. The lowest BCUT2D eigenvalue weighted by Crippen LogP contribution is -2.16. The minimum atomic E-state index is -0.311. The van der Waals surface area contributed by atoms with Crippen molar-refractivity contribution < 1.29 is 19.1 Å². The molecule has 0 aromatic heterocycles. The smallest absolute Gasteiger partial charge is 0.306 e. The molecule has 4 heteroatoms. The summed E-state index contributed by atoms with van der Waals surface area (Å²) in [6, 6.07) is 0. The molecule has 20 heavy (non-hydrogen) atoms. The van der Waals surface area contributed by atoms with E-state index in [-0.39, 0.29) is 24.8 Å². The first-order valence-corrected chi connectivity index (χ1v) is 7.95. The summed E-state index contributed by atoms with van der Waals surface area (Å²) in [5, 5.41) is 0. The van der Waals surface area contributed by atoms with Gasteiger partial charge in [0.2, 0.25) is 0 Å². The Balaban J connectivity index is 3.73. The molecule has 0 spiro atoms. The normalized spacial score (nSPS) is 10.6. The van der Waals surface area contributed by atoms with Gasteiger partial charge in [0.25, 0.3) is 0 Å². The molecule has 0 fully saturated rings. The number of carbonyl (C=O) groups is 2. The standard InChI is InChI=1S/C16H30O4/c1-4-7-12-19-15(17)10-11-16(18)20-13-14(8-5-2)9-6-3/h14H,4-13H2,1-3H3. The third kappa shape index (κ3) is 10.8. The second kappa shape index (κ2) is 12.9. The van der Waals surface area contributed by atoms with E-state index in [0.29, 0.717) is 19.1 Å². The molecular formula is C16H30O4. The molecule has 0 N–H and O–H groups in total. The van der Waals surface area contributed by atoms with Gasteiger partial charge in [0, 0.05) is 0 Å². The van der Waals surface area contributed by atoms with E-state index < -0.39 is 0 Å². The summed E-state index contributed by atoms with van der Waals surface area (Å²) in [6.45, 7) is 7.23. The van der Waals surface area contributed by atoms with Crippen molar-refractivity contribution in [1.82, 2.24) is 0 Å². The van der Waals surface area contributed by atoms with E-state index in [1.165, 1.54) is 0 Å². The lowest BCUT2D eigenvalue weighted by atomic mass is 9.99. The molecular weight excluding hydrogens is 256 g/mol. The fourth-order valence-corrected chi connectivity index (χ4v) is 2.02. The summed E-state index contributed by atoms with van der Waals surface area (Å²) >= 11 is 0. The van der Waals surface area contributed by atoms with Crippen molar-refractivity contribution >= 4 is 11.9 Å². The van der Waals surface area contributed by atoms with Crippen LogP contribution >= 0.6 is 0 Å². The van der Waals surface area contributed by atoms with Crippen LogP contribution in [0.25, 0.3) is 0 Å². The van der Waals surface area contributed by atoms with Crippen LogP contribution in [0.4, 0.5) is 0 Å². The number of hydrogen-bond acceptors (Lipinski definition) is 4. The number of esters is 2. The van der Waals surface area contributed by atoms with Crippen molar-refractivity contribution in [3.8, 4) is 0 Å². The molecule has 0 aromatic carbocycles. The van der Waals surface area contributed by atoms with Crippen molar-refractivity contribution in [3.05, 3.63) is 0 Å². The maximum absolute atomic E-state index is 11.6. The van der Waals surface area contributed by atoms with E-state index >= 15 is 0 Å². The average molecular weight is 286 g/mol. The van der Waals surface area contributed by atoms with Crippen LogP contribution in [0.5, 0.6) is 0 Å². The Bertz CT molecular complexity index is 257. The van der Waals surface area contributed by atoms with Gasteiger partial charge in [-0.3, -0.25) is 9.59 Å². The van der Waals surface area contributed by atoms with Crippen LogP contribution in [-0.4, -0.2) is 25.2 Å². The number of unbranched alkanes of at least 4 members (excludes halogenated alkanes) is 1. The highest BCUT2D eigenvalue weighted by atomic mass is 16.5. The third-order valence-electron chi connectivity index (χ3n) is 3.17. The van der Waals surface area contributed by atoms with Gasteiger partial charge in [-0.15, -0.1) is 0 Å². The molecule has 0 saturated carbocycles. The van der Waals surface area contributed by atoms with Crippen LogP contribution in [0.2, 0.25) is 0 Å². The molecule has 0 rings (SSSR count). The van der Waals surface area contributed by atoms with E-state index in [4.69, 9.17) is 9.47 Å². The zero-order chi connectivity index (χ0) is 15.2. The number of carbonyl (C=O) groups excluding carboxylic acids is 2. The van der Waals surface area contributed by atoms with Crippen molar-refractivity contribution in [2.75, 3.05) is 13.2 Å². The predicted octanol–water partition coefficient (Wildman–Crippen LogP) is 3.87. The quantitative estimate of drug-likeness (QED) is 0.404. The Morgan fingerprint density at radius 1 is 0.850 bits per heavy atom. The van der Waals surface area contributed by atoms with Gasteiger partial charge in [0.15, 0.2) is 0 Å². The Hall–Kier alpha value is -1.06. The second-order valence-electron chi connectivity index (χ2n) is 5.20. The second-order valence-corrected chi connectivity index (χ2v) is 5.20. The van der Waals surface area contributed by atoms with Crippen LogP contribution < -0.4 is 0 Å². The van der Waals surface area contributed by atoms with Crippen LogP contribution in [0.1, 0.15) is 72.1 Å². The first-order chi connectivity index (χ1) is 9.63. The Labute approximate surface area is 123 Å². The Morgan fingerprint density at radius 3 is 1.90 bits per heavy atom. The van der Waals surface area contributed by atoms with Gasteiger partial charge >= 0.3 is 11.9 Å². The van der Waals surface area contributed by atoms with E-state index in [2.05, 4.69) is 13.8 Å². The molecule has 0 bridgehead atoms. The summed E-state index contributed by atoms with van der Waals surface area (Å²) in [5.41, 5.74) is 0. The molecule has 0 amide bonds. The number of hydrogen-bond donors (Lipinski definition) is 0. The summed E-state index contributed by atoms with van der Waals surface area (Å²) < 4.78 is 10.2. The molecule has 0 radical (unpaired) electrons. The maximum atomic E-state index is 11.6. The minimum absolute atomic E-state index is 0.120. The van der Waals surface area contributed by atoms with Crippen molar-refractivity contribution in [3.63, 3.8) is 0 Å². The zero-order valence-electron chi connectivity index (χ0n) is 13.3. The first kappa shape index (κ1) is 18.9. The molecule has 0 unspecified atom stereocenters. The van der Waals surface area contributed by atoms with E-state index in [1.54, 1.807) is 0 Å².